The van der Waals surface area contributed by atoms with E-state index < -0.39 is 59.2 Å². The van der Waals surface area contributed by atoms with Gasteiger partial charge in [0.05, 0.1) is 47.9 Å². The molecule has 7 rings (SSSR count). The first-order valence-electron chi connectivity index (χ1n) is 15.9. The number of fused-ring (bicyclic) bond motifs is 5. The Labute approximate surface area is 278 Å². The van der Waals surface area contributed by atoms with E-state index in [1.807, 2.05) is 0 Å². The molecule has 5 N–H and O–H groups in total. The standard InChI is InChI=1S/C35H33FN6O7/c1-3-35(48)21-11-25-31-19(14-41(25)33(46)20(21)15-49-34(35)47)30-24(5-4-18-16(2)22(36)12-23(40-31)29(18)30)42(26(32(38)45)13-27(37)43)28(44)10-17-6-8-39-9-7-17/h6-9,11-12,24,26,48H,3-5,10,13-15H2,1-2H3,(H2,37,43)(H2,38,45)/t24-,26-,35-/m0/s1. The van der Waals surface area contributed by atoms with E-state index in [-0.39, 0.29) is 49.1 Å². The van der Waals surface area contributed by atoms with Gasteiger partial charge in [0.25, 0.3) is 5.56 Å². The van der Waals surface area contributed by atoms with Gasteiger partial charge >= 0.3 is 5.97 Å². The number of hydrogen-bond acceptors (Lipinski definition) is 9. The van der Waals surface area contributed by atoms with Crippen molar-refractivity contribution in [2.75, 3.05) is 0 Å². The molecule has 0 unspecified atom stereocenters. The van der Waals surface area contributed by atoms with Crippen LogP contribution in [0.15, 0.2) is 41.5 Å². The lowest BCUT2D eigenvalue weighted by Gasteiger charge is -2.40. The number of halogens is 1. The summed E-state index contributed by atoms with van der Waals surface area (Å²) in [4.78, 5) is 76.5. The molecule has 3 aliphatic rings. The van der Waals surface area contributed by atoms with Crippen molar-refractivity contribution in [1.82, 2.24) is 19.4 Å². The molecule has 3 aromatic heterocycles. The quantitative estimate of drug-likeness (QED) is 0.206. The minimum atomic E-state index is -2.06. The predicted molar refractivity (Wildman–Crippen MR) is 172 cm³/mol. The van der Waals surface area contributed by atoms with Gasteiger partial charge in [-0.25, -0.2) is 14.2 Å². The topological polar surface area (TPSA) is 201 Å². The molecule has 1 aromatic carbocycles. The number of benzene rings is 1. The Morgan fingerprint density at radius 2 is 1.90 bits per heavy atom. The summed E-state index contributed by atoms with van der Waals surface area (Å²) in [7, 11) is 0. The van der Waals surface area contributed by atoms with Gasteiger partial charge in [0.2, 0.25) is 17.7 Å². The Kier molecular flexibility index (Phi) is 7.58. The second-order valence-electron chi connectivity index (χ2n) is 12.8. The molecule has 13 nitrogen and oxygen atoms in total. The van der Waals surface area contributed by atoms with E-state index in [0.717, 1.165) is 0 Å². The highest BCUT2D eigenvalue weighted by Crippen LogP contribution is 2.48. The van der Waals surface area contributed by atoms with E-state index in [0.29, 0.717) is 51.0 Å². The van der Waals surface area contributed by atoms with Gasteiger partial charge in [-0.2, -0.15) is 0 Å². The normalized spacial score (nSPS) is 19.4. The zero-order valence-electron chi connectivity index (χ0n) is 26.8. The highest BCUT2D eigenvalue weighted by Gasteiger charge is 2.47. The highest BCUT2D eigenvalue weighted by atomic mass is 19.1. The van der Waals surface area contributed by atoms with Gasteiger partial charge in [-0.05, 0) is 66.6 Å². The maximum atomic E-state index is 15.4. The van der Waals surface area contributed by atoms with E-state index in [4.69, 9.17) is 21.2 Å². The van der Waals surface area contributed by atoms with Gasteiger partial charge in [-0.1, -0.05) is 6.92 Å². The molecule has 0 radical (unpaired) electrons. The Morgan fingerprint density at radius 3 is 2.57 bits per heavy atom. The molecule has 3 amide bonds. The third-order valence-corrected chi connectivity index (χ3v) is 10.1. The number of ether oxygens (including phenoxy) is 1. The van der Waals surface area contributed by atoms with E-state index in [1.165, 1.54) is 27.9 Å². The molecule has 0 spiro atoms. The highest BCUT2D eigenvalue weighted by molar-refractivity contribution is 5.96. The fourth-order valence-corrected chi connectivity index (χ4v) is 7.67. The summed E-state index contributed by atoms with van der Waals surface area (Å²) in [6.07, 6.45) is 2.86. The molecule has 4 aromatic rings. The fraction of sp³-hybridized carbons (Fsp3) is 0.343. The molecular weight excluding hydrogens is 635 g/mol. The number of carbonyl (C=O) groups excluding carboxylic acids is 4. The van der Waals surface area contributed by atoms with Gasteiger partial charge in [-0.15, -0.1) is 0 Å². The third-order valence-electron chi connectivity index (χ3n) is 10.1. The summed E-state index contributed by atoms with van der Waals surface area (Å²) in [6, 6.07) is 3.88. The number of pyridine rings is 3. The van der Waals surface area contributed by atoms with Crippen molar-refractivity contribution in [3.63, 3.8) is 0 Å². The van der Waals surface area contributed by atoms with E-state index in [9.17, 15) is 29.1 Å². The Bertz CT molecular complexity index is 2190. The molecular formula is C35H33FN6O7. The zero-order chi connectivity index (χ0) is 34.9. The largest absolute Gasteiger partial charge is 0.458 e. The van der Waals surface area contributed by atoms with Crippen LogP contribution in [0.5, 0.6) is 0 Å². The van der Waals surface area contributed by atoms with Crippen molar-refractivity contribution in [2.45, 2.75) is 76.8 Å². The number of rotatable bonds is 8. The van der Waals surface area contributed by atoms with Crippen LogP contribution < -0.4 is 17.0 Å². The van der Waals surface area contributed by atoms with Gasteiger partial charge in [0, 0.05) is 35.0 Å². The van der Waals surface area contributed by atoms with Crippen LogP contribution in [0.2, 0.25) is 0 Å². The number of aryl methyl sites for hydroxylation is 1. The van der Waals surface area contributed by atoms with Crippen molar-refractivity contribution < 1.29 is 33.4 Å². The molecule has 0 bridgehead atoms. The summed E-state index contributed by atoms with van der Waals surface area (Å²) >= 11 is 0. The molecule has 0 saturated carbocycles. The summed E-state index contributed by atoms with van der Waals surface area (Å²) in [5, 5.41) is 11.9. The maximum Gasteiger partial charge on any atom is 0.343 e. The zero-order valence-corrected chi connectivity index (χ0v) is 26.8. The number of aliphatic hydroxyl groups is 1. The molecule has 49 heavy (non-hydrogen) atoms. The second kappa shape index (κ2) is 11.6. The summed E-state index contributed by atoms with van der Waals surface area (Å²) in [5.74, 6) is -3.63. The fourth-order valence-electron chi connectivity index (χ4n) is 7.67. The van der Waals surface area contributed by atoms with Crippen LogP contribution in [0.4, 0.5) is 4.39 Å². The number of primary amides is 2. The lowest BCUT2D eigenvalue weighted by molar-refractivity contribution is -0.172. The average molecular weight is 669 g/mol. The molecule has 5 heterocycles. The number of amides is 3. The number of aromatic nitrogens is 3. The van der Waals surface area contributed by atoms with Crippen LogP contribution in [0.3, 0.4) is 0 Å². The number of nitrogens with zero attached hydrogens (tertiary/aromatic N) is 4. The Hall–Kier alpha value is -5.50. The molecule has 252 valence electrons. The van der Waals surface area contributed by atoms with Crippen molar-refractivity contribution in [3.8, 4) is 11.4 Å². The van der Waals surface area contributed by atoms with Crippen LogP contribution >= 0.6 is 0 Å². The minimum Gasteiger partial charge on any atom is -0.458 e. The predicted octanol–water partition coefficient (Wildman–Crippen LogP) is 1.71. The second-order valence-corrected chi connectivity index (χ2v) is 12.8. The Balaban J connectivity index is 1.50. The summed E-state index contributed by atoms with van der Waals surface area (Å²) in [6.45, 7) is 2.92. The van der Waals surface area contributed by atoms with Gasteiger partial charge in [-0.3, -0.25) is 24.2 Å². The van der Waals surface area contributed by atoms with Crippen LogP contribution in [-0.4, -0.2) is 54.3 Å². The molecule has 2 aliphatic heterocycles. The molecule has 0 fully saturated rings. The van der Waals surface area contributed by atoms with Crippen molar-refractivity contribution >= 4 is 34.6 Å². The monoisotopic (exact) mass is 668 g/mol. The average Bonchev–Trinajstić information content (AvgIpc) is 3.44. The Morgan fingerprint density at radius 1 is 1.16 bits per heavy atom. The van der Waals surface area contributed by atoms with Crippen LogP contribution in [0.1, 0.15) is 71.2 Å². The van der Waals surface area contributed by atoms with E-state index >= 15 is 4.39 Å². The van der Waals surface area contributed by atoms with Crippen molar-refractivity contribution in [1.29, 1.82) is 0 Å². The van der Waals surface area contributed by atoms with E-state index in [2.05, 4.69) is 4.98 Å². The summed E-state index contributed by atoms with van der Waals surface area (Å²) in [5.41, 5.74) is 12.7. The number of nitrogens with two attached hydrogens (primary N) is 2. The molecule has 1 aliphatic carbocycles. The number of carbonyl (C=O) groups is 4. The molecule has 0 saturated heterocycles. The lowest BCUT2D eigenvalue weighted by Crippen LogP contribution is -2.52. The van der Waals surface area contributed by atoms with E-state index in [1.54, 1.807) is 32.0 Å². The number of hydrogen-bond donors (Lipinski definition) is 3. The van der Waals surface area contributed by atoms with Crippen LogP contribution in [0.25, 0.3) is 22.3 Å². The van der Waals surface area contributed by atoms with Crippen LogP contribution in [0, 0.1) is 12.7 Å². The van der Waals surface area contributed by atoms with Crippen molar-refractivity contribution in [2.24, 2.45) is 11.5 Å². The first kappa shape index (κ1) is 32.1. The van der Waals surface area contributed by atoms with Gasteiger partial charge in [0.15, 0.2) is 5.60 Å². The smallest absolute Gasteiger partial charge is 0.343 e. The van der Waals surface area contributed by atoms with Crippen LogP contribution in [-0.2, 0) is 55.5 Å². The molecule has 14 heteroatoms. The third kappa shape index (κ3) is 4.88. The first-order chi connectivity index (χ1) is 23.3. The maximum absolute atomic E-state index is 15.4. The minimum absolute atomic E-state index is 0.0106. The van der Waals surface area contributed by atoms with Crippen molar-refractivity contribution in [3.05, 3.63) is 91.8 Å². The number of cyclic esters (lactones) is 1. The van der Waals surface area contributed by atoms with Gasteiger partial charge in [0.1, 0.15) is 18.5 Å². The SMILES string of the molecule is CC[C@@]1(O)C(=O)OCc2c1cc1n(c2=O)Cc2c-1nc1cc(F)c(C)c3c1c2[C@@H](N(C(=O)Cc1ccncc1)[C@@H](CC(N)=O)C(N)=O)CC3. The van der Waals surface area contributed by atoms with Gasteiger partial charge < -0.3 is 30.8 Å². The summed E-state index contributed by atoms with van der Waals surface area (Å²) < 4.78 is 22.1. The number of esters is 1. The lowest BCUT2D eigenvalue weighted by atomic mass is 9.80. The molecule has 3 atom stereocenters. The first-order valence-corrected chi connectivity index (χ1v) is 15.9.